The van der Waals surface area contributed by atoms with Gasteiger partial charge in [0.2, 0.25) is 0 Å². The summed E-state index contributed by atoms with van der Waals surface area (Å²) in [7, 11) is 0. The summed E-state index contributed by atoms with van der Waals surface area (Å²) in [6.07, 6.45) is -0.941. The third-order valence-electron chi connectivity index (χ3n) is 3.92. The van der Waals surface area contributed by atoms with Crippen LogP contribution in [0.1, 0.15) is 34.1 Å². The second kappa shape index (κ2) is 9.98. The minimum Gasteiger partial charge on any atom is -0.465 e. The Morgan fingerprint density at radius 1 is 1.00 bits per heavy atom. The molecule has 138 valence electrons. The summed E-state index contributed by atoms with van der Waals surface area (Å²) >= 11 is 3.30. The van der Waals surface area contributed by atoms with Crippen LogP contribution in [-0.2, 0) is 33.3 Å². The minimum atomic E-state index is -0.528. The largest absolute Gasteiger partial charge is 0.465 e. The minimum absolute atomic E-state index is 0.124. The SMILES string of the molecule is CC(=O)OCC1CC(OCCBr)C(OC(C)=O)C(C)C1OC(C)=O. The summed E-state index contributed by atoms with van der Waals surface area (Å²) in [5.74, 6) is -1.75. The lowest BCUT2D eigenvalue weighted by Gasteiger charge is -2.44. The Morgan fingerprint density at radius 2 is 1.58 bits per heavy atom. The van der Waals surface area contributed by atoms with Gasteiger partial charge in [0.15, 0.2) is 0 Å². The maximum atomic E-state index is 11.4. The van der Waals surface area contributed by atoms with Crippen LogP contribution in [0, 0.1) is 11.8 Å². The number of carbonyl (C=O) groups is 3. The van der Waals surface area contributed by atoms with Crippen molar-refractivity contribution in [1.82, 2.24) is 0 Å². The molecule has 0 radical (unpaired) electrons. The normalized spacial score (nSPS) is 29.6. The molecule has 0 aromatic heterocycles. The Morgan fingerprint density at radius 3 is 2.08 bits per heavy atom. The van der Waals surface area contributed by atoms with Crippen LogP contribution in [0.15, 0.2) is 0 Å². The van der Waals surface area contributed by atoms with Crippen LogP contribution in [0.5, 0.6) is 0 Å². The Labute approximate surface area is 150 Å². The van der Waals surface area contributed by atoms with Crippen LogP contribution < -0.4 is 0 Å². The highest BCUT2D eigenvalue weighted by Gasteiger charge is 2.47. The third-order valence-corrected chi connectivity index (χ3v) is 4.24. The molecule has 1 fully saturated rings. The predicted octanol–water partition coefficient (Wildman–Crippen LogP) is 1.85. The number of hydrogen-bond acceptors (Lipinski definition) is 7. The molecule has 0 amide bonds. The first kappa shape index (κ1) is 20.9. The average Bonchev–Trinajstić information content (AvgIpc) is 2.48. The maximum Gasteiger partial charge on any atom is 0.303 e. The second-order valence-electron chi connectivity index (χ2n) is 5.90. The van der Waals surface area contributed by atoms with Crippen molar-refractivity contribution in [2.24, 2.45) is 11.8 Å². The molecule has 0 aromatic rings. The zero-order valence-electron chi connectivity index (χ0n) is 14.5. The molecule has 5 atom stereocenters. The molecule has 8 heteroatoms. The lowest BCUT2D eigenvalue weighted by molar-refractivity contribution is -0.193. The van der Waals surface area contributed by atoms with Crippen molar-refractivity contribution in [3.05, 3.63) is 0 Å². The molecule has 5 unspecified atom stereocenters. The van der Waals surface area contributed by atoms with E-state index in [-0.39, 0.29) is 24.5 Å². The highest BCUT2D eigenvalue weighted by Crippen LogP contribution is 2.36. The van der Waals surface area contributed by atoms with Crippen LogP contribution in [0.3, 0.4) is 0 Å². The molecule has 0 aromatic carbocycles. The topological polar surface area (TPSA) is 88.1 Å². The van der Waals surface area contributed by atoms with Crippen molar-refractivity contribution in [3.8, 4) is 0 Å². The van der Waals surface area contributed by atoms with Gasteiger partial charge >= 0.3 is 17.9 Å². The Kier molecular flexibility index (Phi) is 8.69. The van der Waals surface area contributed by atoms with Crippen molar-refractivity contribution >= 4 is 33.8 Å². The van der Waals surface area contributed by atoms with Gasteiger partial charge in [0.05, 0.1) is 19.3 Å². The van der Waals surface area contributed by atoms with Crippen LogP contribution >= 0.6 is 15.9 Å². The van der Waals surface area contributed by atoms with Crippen molar-refractivity contribution < 1.29 is 33.3 Å². The Balaban J connectivity index is 2.98. The number of ether oxygens (including phenoxy) is 4. The molecule has 0 N–H and O–H groups in total. The molecule has 1 rings (SSSR count). The zero-order valence-corrected chi connectivity index (χ0v) is 16.0. The second-order valence-corrected chi connectivity index (χ2v) is 6.70. The predicted molar refractivity (Wildman–Crippen MR) is 88.5 cm³/mol. The quantitative estimate of drug-likeness (QED) is 0.360. The van der Waals surface area contributed by atoms with E-state index in [0.717, 1.165) is 0 Å². The van der Waals surface area contributed by atoms with E-state index < -0.39 is 30.1 Å². The molecule has 7 nitrogen and oxygen atoms in total. The van der Waals surface area contributed by atoms with Gasteiger partial charge in [-0.05, 0) is 6.42 Å². The molecular formula is C16H25BrO7. The van der Waals surface area contributed by atoms with Crippen LogP contribution in [0.25, 0.3) is 0 Å². The van der Waals surface area contributed by atoms with Gasteiger partial charge in [-0.25, -0.2) is 0 Å². The van der Waals surface area contributed by atoms with Gasteiger partial charge in [-0.3, -0.25) is 14.4 Å². The van der Waals surface area contributed by atoms with Crippen LogP contribution in [0.4, 0.5) is 0 Å². The van der Waals surface area contributed by atoms with E-state index in [1.807, 2.05) is 6.92 Å². The first-order valence-corrected chi connectivity index (χ1v) is 9.03. The fraction of sp³-hybridized carbons (Fsp3) is 0.812. The number of hydrogen-bond donors (Lipinski definition) is 0. The molecule has 24 heavy (non-hydrogen) atoms. The van der Waals surface area contributed by atoms with Crippen molar-refractivity contribution in [2.45, 2.75) is 52.4 Å². The van der Waals surface area contributed by atoms with Gasteiger partial charge in [-0.2, -0.15) is 0 Å². The van der Waals surface area contributed by atoms with E-state index in [1.165, 1.54) is 20.8 Å². The van der Waals surface area contributed by atoms with E-state index in [1.54, 1.807) is 0 Å². The molecule has 0 heterocycles. The fourth-order valence-corrected chi connectivity index (χ4v) is 3.22. The molecule has 0 saturated heterocycles. The van der Waals surface area contributed by atoms with Gasteiger partial charge in [0.1, 0.15) is 12.2 Å². The van der Waals surface area contributed by atoms with Crippen molar-refractivity contribution in [2.75, 3.05) is 18.5 Å². The standard InChI is InChI=1S/C16H25BrO7/c1-9-15(23-11(3)19)13(8-22-10(2)18)7-14(21-6-5-17)16(9)24-12(4)20/h9,13-16H,5-8H2,1-4H3. The summed E-state index contributed by atoms with van der Waals surface area (Å²) in [5, 5.41) is 0.645. The summed E-state index contributed by atoms with van der Waals surface area (Å²) in [6, 6.07) is 0. The molecule has 0 aliphatic heterocycles. The first-order valence-electron chi connectivity index (χ1n) is 7.91. The van der Waals surface area contributed by atoms with Crippen molar-refractivity contribution in [1.29, 1.82) is 0 Å². The number of halogens is 1. The number of carbonyl (C=O) groups excluding carboxylic acids is 3. The van der Waals surface area contributed by atoms with Crippen molar-refractivity contribution in [3.63, 3.8) is 0 Å². The maximum absolute atomic E-state index is 11.4. The Hall–Kier alpha value is -1.15. The average molecular weight is 409 g/mol. The Bertz CT molecular complexity index is 452. The monoisotopic (exact) mass is 408 g/mol. The van der Waals surface area contributed by atoms with Gasteiger partial charge in [-0.15, -0.1) is 0 Å². The van der Waals surface area contributed by atoms with Crippen LogP contribution in [-0.4, -0.2) is 54.8 Å². The fourth-order valence-electron chi connectivity index (χ4n) is 3.04. The zero-order chi connectivity index (χ0) is 18.3. The smallest absolute Gasteiger partial charge is 0.303 e. The number of rotatable bonds is 7. The lowest BCUT2D eigenvalue weighted by atomic mass is 9.76. The van der Waals surface area contributed by atoms with E-state index in [2.05, 4.69) is 15.9 Å². The molecule has 1 aliphatic rings. The van der Waals surface area contributed by atoms with Gasteiger partial charge in [0, 0.05) is 37.9 Å². The third kappa shape index (κ3) is 6.39. The number of alkyl halides is 1. The molecule has 1 saturated carbocycles. The summed E-state index contributed by atoms with van der Waals surface area (Å²) < 4.78 is 21.8. The van der Waals surface area contributed by atoms with E-state index in [4.69, 9.17) is 18.9 Å². The molecular weight excluding hydrogens is 384 g/mol. The highest BCUT2D eigenvalue weighted by atomic mass is 79.9. The summed E-state index contributed by atoms with van der Waals surface area (Å²) in [6.45, 7) is 6.40. The molecule has 0 spiro atoms. The van der Waals surface area contributed by atoms with E-state index in [0.29, 0.717) is 18.4 Å². The van der Waals surface area contributed by atoms with E-state index >= 15 is 0 Å². The van der Waals surface area contributed by atoms with Gasteiger partial charge < -0.3 is 18.9 Å². The van der Waals surface area contributed by atoms with Crippen LogP contribution in [0.2, 0.25) is 0 Å². The van der Waals surface area contributed by atoms with E-state index in [9.17, 15) is 14.4 Å². The lowest BCUT2D eigenvalue weighted by Crippen LogP contribution is -2.54. The first-order chi connectivity index (χ1) is 11.3. The highest BCUT2D eigenvalue weighted by molar-refractivity contribution is 9.09. The summed E-state index contributed by atoms with van der Waals surface area (Å²) in [4.78, 5) is 34.0. The molecule has 0 bridgehead atoms. The summed E-state index contributed by atoms with van der Waals surface area (Å²) in [5.41, 5.74) is 0. The van der Waals surface area contributed by atoms with Gasteiger partial charge in [-0.1, -0.05) is 22.9 Å². The molecule has 1 aliphatic carbocycles. The number of esters is 3. The van der Waals surface area contributed by atoms with Gasteiger partial charge in [0.25, 0.3) is 0 Å².